The molecule has 3 heteroatoms. The molecule has 0 aliphatic carbocycles. The lowest BCUT2D eigenvalue weighted by Gasteiger charge is -2.28. The molecule has 0 amide bonds. The van der Waals surface area contributed by atoms with E-state index in [4.69, 9.17) is 4.98 Å². The number of pyridine rings is 2. The molecule has 5 aromatic rings. The van der Waals surface area contributed by atoms with Crippen molar-refractivity contribution in [2.24, 2.45) is 17.9 Å². The first kappa shape index (κ1) is 24.4. The number of hydrogen-bond acceptors (Lipinski definition) is 2. The van der Waals surface area contributed by atoms with Gasteiger partial charge in [0.05, 0.1) is 16.5 Å². The van der Waals surface area contributed by atoms with Crippen LogP contribution in [-0.2, 0) is 19.9 Å². The number of aryl methyl sites for hydroxylation is 2. The molecule has 2 aromatic heterocycles. The highest BCUT2D eigenvalue weighted by molar-refractivity contribution is 8.00. The van der Waals surface area contributed by atoms with Crippen LogP contribution in [0.5, 0.6) is 0 Å². The molecule has 1 aliphatic heterocycles. The van der Waals surface area contributed by atoms with Gasteiger partial charge in [-0.2, -0.15) is 0 Å². The SMILES string of the molecule is Cc1c2c(c(CC(C)(C)C)c3ncccc13)Sc1cc3c(CC(C)(C)C)cccc3c3cc[n+](C)c-2c13. The summed E-state index contributed by atoms with van der Waals surface area (Å²) in [6.45, 7) is 16.3. The molecule has 0 unspecified atom stereocenters. The lowest BCUT2D eigenvalue weighted by molar-refractivity contribution is -0.659. The Kier molecular flexibility index (Phi) is 5.48. The smallest absolute Gasteiger partial charge is 0.222 e. The van der Waals surface area contributed by atoms with Crippen LogP contribution >= 0.6 is 11.8 Å². The number of aromatic nitrogens is 2. The average Bonchev–Trinajstić information content (AvgIpc) is 2.82. The highest BCUT2D eigenvalue weighted by Gasteiger charge is 2.33. The van der Waals surface area contributed by atoms with Gasteiger partial charge in [0.2, 0.25) is 5.69 Å². The molecule has 0 saturated carbocycles. The topological polar surface area (TPSA) is 16.8 Å². The Balaban J connectivity index is 1.76. The van der Waals surface area contributed by atoms with Gasteiger partial charge < -0.3 is 0 Å². The fourth-order valence-corrected chi connectivity index (χ4v) is 7.51. The molecule has 3 aromatic carbocycles. The van der Waals surface area contributed by atoms with Gasteiger partial charge in [-0.1, -0.05) is 77.6 Å². The van der Waals surface area contributed by atoms with Crippen LogP contribution in [-0.4, -0.2) is 4.98 Å². The lowest BCUT2D eigenvalue weighted by Crippen LogP contribution is -2.32. The summed E-state index contributed by atoms with van der Waals surface area (Å²) in [5, 5.41) is 6.77. The van der Waals surface area contributed by atoms with E-state index in [-0.39, 0.29) is 10.8 Å². The molecule has 0 saturated heterocycles. The first-order chi connectivity index (χ1) is 17.4. The number of nitrogens with zero attached hydrogens (tertiary/aromatic N) is 2. The molecule has 37 heavy (non-hydrogen) atoms. The normalized spacial score (nSPS) is 13.5. The predicted octanol–water partition coefficient (Wildman–Crippen LogP) is 8.98. The van der Waals surface area contributed by atoms with Crippen molar-refractivity contribution in [2.75, 3.05) is 0 Å². The fourth-order valence-electron chi connectivity index (χ4n) is 6.16. The highest BCUT2D eigenvalue weighted by atomic mass is 32.2. The van der Waals surface area contributed by atoms with Gasteiger partial charge in [-0.25, -0.2) is 4.57 Å². The van der Waals surface area contributed by atoms with Crippen molar-refractivity contribution >= 4 is 44.2 Å². The molecule has 2 nitrogen and oxygen atoms in total. The zero-order chi connectivity index (χ0) is 26.3. The zero-order valence-electron chi connectivity index (χ0n) is 23.4. The van der Waals surface area contributed by atoms with Crippen LogP contribution in [0.4, 0.5) is 0 Å². The molecule has 3 heterocycles. The Morgan fingerprint density at radius 3 is 2.30 bits per heavy atom. The van der Waals surface area contributed by atoms with Gasteiger partial charge in [0, 0.05) is 32.8 Å². The molecule has 0 spiro atoms. The molecular formula is C34H37N2S+. The van der Waals surface area contributed by atoms with E-state index in [0.717, 1.165) is 18.4 Å². The monoisotopic (exact) mass is 505 g/mol. The van der Waals surface area contributed by atoms with Gasteiger partial charge in [0.25, 0.3) is 0 Å². The van der Waals surface area contributed by atoms with Crippen molar-refractivity contribution in [3.63, 3.8) is 0 Å². The van der Waals surface area contributed by atoms with Crippen molar-refractivity contribution in [1.82, 2.24) is 4.98 Å². The Labute approximate surface area is 225 Å². The van der Waals surface area contributed by atoms with Crippen LogP contribution in [0.25, 0.3) is 43.7 Å². The molecule has 6 rings (SSSR count). The summed E-state index contributed by atoms with van der Waals surface area (Å²) in [5.41, 5.74) is 8.43. The number of fused-ring (bicyclic) bond motifs is 5. The Hall–Kier alpha value is -2.91. The zero-order valence-corrected chi connectivity index (χ0v) is 24.2. The third-order valence-corrected chi connectivity index (χ3v) is 8.78. The average molecular weight is 506 g/mol. The summed E-state index contributed by atoms with van der Waals surface area (Å²) in [5.74, 6) is 0. The van der Waals surface area contributed by atoms with Crippen molar-refractivity contribution in [3.8, 4) is 11.3 Å². The fraction of sp³-hybridized carbons (Fsp3) is 0.353. The Morgan fingerprint density at radius 1 is 0.838 bits per heavy atom. The number of benzene rings is 3. The van der Waals surface area contributed by atoms with Gasteiger partial charge >= 0.3 is 0 Å². The van der Waals surface area contributed by atoms with Gasteiger partial charge in [-0.05, 0) is 70.2 Å². The minimum absolute atomic E-state index is 0.159. The van der Waals surface area contributed by atoms with E-state index in [2.05, 4.69) is 109 Å². The molecule has 0 bridgehead atoms. The van der Waals surface area contributed by atoms with Crippen molar-refractivity contribution < 1.29 is 4.57 Å². The Bertz CT molecular complexity index is 1730. The minimum atomic E-state index is 0.159. The highest BCUT2D eigenvalue weighted by Crippen LogP contribution is 2.53. The van der Waals surface area contributed by atoms with E-state index < -0.39 is 0 Å². The predicted molar refractivity (Wildman–Crippen MR) is 159 cm³/mol. The van der Waals surface area contributed by atoms with Crippen LogP contribution < -0.4 is 4.57 Å². The van der Waals surface area contributed by atoms with E-state index >= 15 is 0 Å². The summed E-state index contributed by atoms with van der Waals surface area (Å²) in [4.78, 5) is 7.70. The van der Waals surface area contributed by atoms with Gasteiger partial charge in [-0.15, -0.1) is 0 Å². The molecule has 188 valence electrons. The minimum Gasteiger partial charge on any atom is -0.256 e. The van der Waals surface area contributed by atoms with Crippen molar-refractivity contribution in [2.45, 2.75) is 71.1 Å². The van der Waals surface area contributed by atoms with Crippen LogP contribution in [0.15, 0.2) is 64.6 Å². The van der Waals surface area contributed by atoms with E-state index in [0.29, 0.717) is 0 Å². The van der Waals surface area contributed by atoms with Crippen molar-refractivity contribution in [1.29, 1.82) is 0 Å². The number of rotatable bonds is 2. The summed E-state index contributed by atoms with van der Waals surface area (Å²) < 4.78 is 2.34. The summed E-state index contributed by atoms with van der Waals surface area (Å²) in [6.07, 6.45) is 6.27. The van der Waals surface area contributed by atoms with Crippen LogP contribution in [0.2, 0.25) is 0 Å². The van der Waals surface area contributed by atoms with Crippen LogP contribution in [0.3, 0.4) is 0 Å². The maximum Gasteiger partial charge on any atom is 0.222 e. The standard InChI is InChI=1S/C34H37N2S/c1-20-22-13-10-15-35-30(22)26(19-34(5,6)7)32-28(20)31-29-24(14-16-36(31)8)23-12-9-11-21(18-33(2,3)4)25(23)17-27(29)37-32/h9-17H,18-19H2,1-8H3/q+1. The second-order valence-electron chi connectivity index (χ2n) is 13.2. The Morgan fingerprint density at radius 2 is 1.57 bits per heavy atom. The summed E-state index contributed by atoms with van der Waals surface area (Å²) in [7, 11) is 2.20. The largest absolute Gasteiger partial charge is 0.256 e. The molecule has 0 fully saturated rings. The van der Waals surface area contributed by atoms with Gasteiger partial charge in [0.15, 0.2) is 6.20 Å². The van der Waals surface area contributed by atoms with E-state index in [1.165, 1.54) is 64.7 Å². The summed E-state index contributed by atoms with van der Waals surface area (Å²) >= 11 is 1.97. The second kappa shape index (κ2) is 8.30. The van der Waals surface area contributed by atoms with Crippen molar-refractivity contribution in [3.05, 3.63) is 71.5 Å². The molecular weight excluding hydrogens is 468 g/mol. The number of hydrogen-bond donors (Lipinski definition) is 0. The molecule has 0 atom stereocenters. The van der Waals surface area contributed by atoms with E-state index in [1.54, 1.807) is 0 Å². The maximum atomic E-state index is 4.95. The van der Waals surface area contributed by atoms with Gasteiger partial charge in [-0.3, -0.25) is 4.98 Å². The van der Waals surface area contributed by atoms with E-state index in [1.807, 2.05) is 18.0 Å². The quantitative estimate of drug-likeness (QED) is 0.172. The second-order valence-corrected chi connectivity index (χ2v) is 14.3. The molecule has 0 radical (unpaired) electrons. The van der Waals surface area contributed by atoms with E-state index in [9.17, 15) is 0 Å². The molecule has 0 N–H and O–H groups in total. The maximum absolute atomic E-state index is 4.95. The first-order valence-electron chi connectivity index (χ1n) is 13.4. The lowest BCUT2D eigenvalue weighted by atomic mass is 9.83. The molecule has 1 aliphatic rings. The summed E-state index contributed by atoms with van der Waals surface area (Å²) in [6, 6.07) is 16.0. The van der Waals surface area contributed by atoms with Crippen LogP contribution in [0, 0.1) is 17.8 Å². The third kappa shape index (κ3) is 4.03. The van der Waals surface area contributed by atoms with Crippen LogP contribution in [0.1, 0.15) is 58.2 Å². The first-order valence-corrected chi connectivity index (χ1v) is 14.2. The van der Waals surface area contributed by atoms with Gasteiger partial charge in [0.1, 0.15) is 7.05 Å². The third-order valence-electron chi connectivity index (χ3n) is 7.58.